The minimum Gasteiger partial charge on any atom is -0.457 e. The fourth-order valence-corrected chi connectivity index (χ4v) is 1.01. The molecule has 1 rings (SSSR count). The summed E-state index contributed by atoms with van der Waals surface area (Å²) in [6.07, 6.45) is 0. The van der Waals surface area contributed by atoms with Gasteiger partial charge in [0.15, 0.2) is 5.78 Å². The van der Waals surface area contributed by atoms with Crippen LogP contribution in [-0.4, -0.2) is 16.9 Å². The standard InChI is InChI=1S/C11H10ClFO3/c1-8(14)11(12,13)10(15)16-7-9-5-3-2-4-6-9/h2-6H,7H2,1H3/t11-/m0/s1. The van der Waals surface area contributed by atoms with Crippen LogP contribution < -0.4 is 0 Å². The van der Waals surface area contributed by atoms with E-state index in [1.807, 2.05) is 0 Å². The molecule has 0 unspecified atom stereocenters. The molecule has 0 aliphatic carbocycles. The Hall–Kier alpha value is -1.42. The summed E-state index contributed by atoms with van der Waals surface area (Å²) in [5, 5.41) is -3.09. The quantitative estimate of drug-likeness (QED) is 0.463. The molecule has 1 aromatic rings. The van der Waals surface area contributed by atoms with Crippen LogP contribution in [0.1, 0.15) is 12.5 Å². The normalized spacial score (nSPS) is 13.9. The van der Waals surface area contributed by atoms with Crippen molar-refractivity contribution < 1.29 is 18.7 Å². The first-order valence-electron chi connectivity index (χ1n) is 4.54. The maximum Gasteiger partial charge on any atom is 0.368 e. The molecule has 0 saturated carbocycles. The molecule has 0 aromatic heterocycles. The molecule has 0 aliphatic rings. The predicted octanol–water partition coefficient (Wildman–Crippen LogP) is 2.22. The number of benzene rings is 1. The number of carbonyl (C=O) groups excluding carboxylic acids is 2. The Balaban J connectivity index is 2.57. The van der Waals surface area contributed by atoms with Crippen LogP contribution in [0.4, 0.5) is 4.39 Å². The highest BCUT2D eigenvalue weighted by Gasteiger charge is 2.43. The highest BCUT2D eigenvalue weighted by atomic mass is 35.5. The summed E-state index contributed by atoms with van der Waals surface area (Å²) in [5.41, 5.74) is 0.687. The van der Waals surface area contributed by atoms with Crippen LogP contribution in [0.25, 0.3) is 0 Å². The number of rotatable bonds is 4. The Morgan fingerprint density at radius 1 is 1.38 bits per heavy atom. The van der Waals surface area contributed by atoms with Gasteiger partial charge >= 0.3 is 11.1 Å². The van der Waals surface area contributed by atoms with E-state index in [9.17, 15) is 14.0 Å². The summed E-state index contributed by atoms with van der Waals surface area (Å²) < 4.78 is 17.8. The number of ketones is 1. The minimum atomic E-state index is -3.09. The molecule has 1 atom stereocenters. The second-order valence-corrected chi connectivity index (χ2v) is 3.71. The average molecular weight is 245 g/mol. The van der Waals surface area contributed by atoms with Crippen molar-refractivity contribution in [2.24, 2.45) is 0 Å². The molecule has 0 aliphatic heterocycles. The van der Waals surface area contributed by atoms with Crippen molar-refractivity contribution in [3.05, 3.63) is 35.9 Å². The lowest BCUT2D eigenvalue weighted by Crippen LogP contribution is -2.36. The predicted molar refractivity (Wildman–Crippen MR) is 56.6 cm³/mol. The van der Waals surface area contributed by atoms with Crippen molar-refractivity contribution in [1.29, 1.82) is 0 Å². The van der Waals surface area contributed by atoms with Gasteiger partial charge in [-0.2, -0.15) is 0 Å². The number of carbonyl (C=O) groups is 2. The average Bonchev–Trinajstić information content (AvgIpc) is 2.27. The zero-order chi connectivity index (χ0) is 12.2. The number of ether oxygens (including phenoxy) is 1. The van der Waals surface area contributed by atoms with Crippen LogP contribution in [0.15, 0.2) is 30.3 Å². The summed E-state index contributed by atoms with van der Waals surface area (Å²) in [6.45, 7) is 0.766. The van der Waals surface area contributed by atoms with Gasteiger partial charge < -0.3 is 4.74 Å². The molecule has 0 heterocycles. The molecule has 5 heteroatoms. The van der Waals surface area contributed by atoms with E-state index in [1.54, 1.807) is 30.3 Å². The zero-order valence-electron chi connectivity index (χ0n) is 8.57. The first-order chi connectivity index (χ1) is 7.44. The monoisotopic (exact) mass is 244 g/mol. The van der Waals surface area contributed by atoms with E-state index < -0.39 is 16.9 Å². The number of hydrogen-bond acceptors (Lipinski definition) is 3. The molecular formula is C11H10ClFO3. The highest BCUT2D eigenvalue weighted by molar-refractivity contribution is 6.43. The van der Waals surface area contributed by atoms with Gasteiger partial charge in [-0.05, 0) is 12.5 Å². The van der Waals surface area contributed by atoms with Crippen LogP contribution in [0, 0.1) is 0 Å². The number of halogens is 2. The van der Waals surface area contributed by atoms with E-state index in [4.69, 9.17) is 11.6 Å². The largest absolute Gasteiger partial charge is 0.457 e. The van der Waals surface area contributed by atoms with E-state index in [2.05, 4.69) is 4.74 Å². The molecule has 86 valence electrons. The van der Waals surface area contributed by atoms with Crippen LogP contribution in [-0.2, 0) is 20.9 Å². The zero-order valence-corrected chi connectivity index (χ0v) is 9.33. The second-order valence-electron chi connectivity index (χ2n) is 3.19. The fourth-order valence-electron chi connectivity index (χ4n) is 0.957. The van der Waals surface area contributed by atoms with Crippen molar-refractivity contribution in [1.82, 2.24) is 0 Å². The van der Waals surface area contributed by atoms with E-state index in [-0.39, 0.29) is 6.61 Å². The van der Waals surface area contributed by atoms with Gasteiger partial charge in [0.2, 0.25) is 0 Å². The lowest BCUT2D eigenvalue weighted by atomic mass is 10.2. The minimum absolute atomic E-state index is 0.120. The molecule has 0 N–H and O–H groups in total. The Morgan fingerprint density at radius 2 is 1.94 bits per heavy atom. The van der Waals surface area contributed by atoms with Crippen LogP contribution in [0.5, 0.6) is 0 Å². The number of esters is 1. The Labute approximate surface area is 97.2 Å². The van der Waals surface area contributed by atoms with Crippen molar-refractivity contribution in [3.8, 4) is 0 Å². The van der Waals surface area contributed by atoms with Crippen molar-refractivity contribution in [2.75, 3.05) is 0 Å². The SMILES string of the molecule is CC(=O)[C@@](F)(Cl)C(=O)OCc1ccccc1. The van der Waals surface area contributed by atoms with E-state index in [1.165, 1.54) is 0 Å². The summed E-state index contributed by atoms with van der Waals surface area (Å²) in [5.74, 6) is -2.47. The first-order valence-corrected chi connectivity index (χ1v) is 4.92. The third-order valence-electron chi connectivity index (χ3n) is 1.91. The van der Waals surface area contributed by atoms with Gasteiger partial charge in [0, 0.05) is 0 Å². The number of Topliss-reactive ketones (excluding diaryl/α,β-unsaturated/α-hetero) is 1. The van der Waals surface area contributed by atoms with E-state index in [0.29, 0.717) is 5.56 Å². The first kappa shape index (κ1) is 12.6. The van der Waals surface area contributed by atoms with E-state index in [0.717, 1.165) is 6.92 Å². The summed E-state index contributed by atoms with van der Waals surface area (Å²) in [6, 6.07) is 8.70. The molecule has 0 bridgehead atoms. The highest BCUT2D eigenvalue weighted by Crippen LogP contribution is 2.21. The lowest BCUT2D eigenvalue weighted by Gasteiger charge is -2.13. The molecular weight excluding hydrogens is 235 g/mol. The van der Waals surface area contributed by atoms with Gasteiger partial charge in [0.25, 0.3) is 0 Å². The van der Waals surface area contributed by atoms with Gasteiger partial charge in [-0.3, -0.25) is 4.79 Å². The molecule has 3 nitrogen and oxygen atoms in total. The van der Waals surface area contributed by atoms with Crippen LogP contribution in [0.3, 0.4) is 0 Å². The van der Waals surface area contributed by atoms with Crippen molar-refractivity contribution in [2.45, 2.75) is 18.7 Å². The number of hydrogen-bond donors (Lipinski definition) is 0. The van der Waals surface area contributed by atoms with Gasteiger partial charge in [0.05, 0.1) is 0 Å². The van der Waals surface area contributed by atoms with Gasteiger partial charge in [-0.15, -0.1) is 0 Å². The number of alkyl halides is 2. The van der Waals surface area contributed by atoms with Gasteiger partial charge in [-0.25, -0.2) is 9.18 Å². The maximum atomic E-state index is 13.3. The second kappa shape index (κ2) is 5.07. The molecule has 1 aromatic carbocycles. The fraction of sp³-hybridized carbons (Fsp3) is 0.273. The lowest BCUT2D eigenvalue weighted by molar-refractivity contribution is -0.157. The maximum absolute atomic E-state index is 13.3. The Morgan fingerprint density at radius 3 is 2.44 bits per heavy atom. The van der Waals surface area contributed by atoms with Crippen LogP contribution in [0.2, 0.25) is 0 Å². The molecule has 0 saturated heterocycles. The molecule has 0 fully saturated rings. The Kier molecular flexibility index (Phi) is 4.01. The summed E-state index contributed by atoms with van der Waals surface area (Å²) in [7, 11) is 0. The van der Waals surface area contributed by atoms with E-state index >= 15 is 0 Å². The topological polar surface area (TPSA) is 43.4 Å². The molecule has 0 amide bonds. The third kappa shape index (κ3) is 3.03. The van der Waals surface area contributed by atoms with Crippen molar-refractivity contribution in [3.63, 3.8) is 0 Å². The van der Waals surface area contributed by atoms with Gasteiger partial charge in [-0.1, -0.05) is 41.9 Å². The smallest absolute Gasteiger partial charge is 0.368 e. The third-order valence-corrected chi connectivity index (χ3v) is 2.33. The van der Waals surface area contributed by atoms with Crippen LogP contribution >= 0.6 is 11.6 Å². The molecule has 0 spiro atoms. The van der Waals surface area contributed by atoms with Crippen molar-refractivity contribution >= 4 is 23.4 Å². The molecule has 0 radical (unpaired) electrons. The Bertz CT molecular complexity index is 389. The summed E-state index contributed by atoms with van der Waals surface area (Å²) in [4.78, 5) is 21.8. The van der Waals surface area contributed by atoms with Gasteiger partial charge in [0.1, 0.15) is 6.61 Å². The molecule has 16 heavy (non-hydrogen) atoms. The summed E-state index contributed by atoms with van der Waals surface area (Å²) >= 11 is 5.10.